The van der Waals surface area contributed by atoms with Crippen molar-refractivity contribution in [1.29, 1.82) is 0 Å². The quantitative estimate of drug-likeness (QED) is 0.361. The second-order valence-electron chi connectivity index (χ2n) is 5.61. The van der Waals surface area contributed by atoms with Gasteiger partial charge in [-0.05, 0) is 44.7 Å². The minimum absolute atomic E-state index is 0.0275. The highest BCUT2D eigenvalue weighted by Gasteiger charge is 2.43. The second kappa shape index (κ2) is 8.39. The van der Waals surface area contributed by atoms with Gasteiger partial charge in [0.05, 0.1) is 37.4 Å². The van der Waals surface area contributed by atoms with Crippen molar-refractivity contribution in [3.05, 3.63) is 20.1 Å². The number of hydrogen-bond donors (Lipinski definition) is 0. The zero-order valence-corrected chi connectivity index (χ0v) is 17.9. The molecule has 2 unspecified atom stereocenters. The first-order valence-corrected chi connectivity index (χ1v) is 9.20. The molecule has 0 N–H and O–H groups in total. The summed E-state index contributed by atoms with van der Waals surface area (Å²) in [6.07, 6.45) is 0.0551. The van der Waals surface area contributed by atoms with Gasteiger partial charge in [-0.3, -0.25) is 14.4 Å². The molecule has 142 valence electrons. The Morgan fingerprint density at radius 3 is 1.42 bits per heavy atom. The maximum atomic E-state index is 12.9. The summed E-state index contributed by atoms with van der Waals surface area (Å²) in [5, 5.41) is 0. The van der Waals surface area contributed by atoms with Gasteiger partial charge in [-0.1, -0.05) is 0 Å². The number of methoxy groups -OCH3 is 4. The number of hydrogen-bond acceptors (Lipinski definition) is 7. The predicted molar refractivity (Wildman–Crippen MR) is 98.4 cm³/mol. The summed E-state index contributed by atoms with van der Waals surface area (Å²) in [6, 6.07) is 0. The first kappa shape index (κ1) is 20.7. The van der Waals surface area contributed by atoms with Crippen molar-refractivity contribution in [3.8, 4) is 11.5 Å². The smallest absolute Gasteiger partial charge is 0.316 e. The molecule has 0 saturated heterocycles. The number of halogens is 2. The average Bonchev–Trinajstić information content (AvgIpc) is 2.79. The van der Waals surface area contributed by atoms with Crippen molar-refractivity contribution in [3.63, 3.8) is 0 Å². The Bertz CT molecular complexity index is 699. The maximum Gasteiger partial charge on any atom is 0.316 e. The molecule has 0 fully saturated rings. The molecule has 0 aliphatic heterocycles. The zero-order valence-electron chi connectivity index (χ0n) is 14.7. The van der Waals surface area contributed by atoms with Crippen LogP contribution in [-0.2, 0) is 36.7 Å². The van der Waals surface area contributed by atoms with Crippen LogP contribution < -0.4 is 9.47 Å². The number of carbonyl (C=O) groups is 3. The maximum absolute atomic E-state index is 12.9. The van der Waals surface area contributed by atoms with Gasteiger partial charge in [0, 0.05) is 11.1 Å². The van der Waals surface area contributed by atoms with Gasteiger partial charge in [-0.25, -0.2) is 0 Å². The van der Waals surface area contributed by atoms with Crippen LogP contribution in [0.25, 0.3) is 0 Å². The minimum Gasteiger partial charge on any atom is -0.495 e. The van der Waals surface area contributed by atoms with Crippen LogP contribution in [0.15, 0.2) is 8.95 Å². The summed E-state index contributed by atoms with van der Waals surface area (Å²) in [4.78, 5) is 37.3. The lowest BCUT2D eigenvalue weighted by atomic mass is 9.90. The van der Waals surface area contributed by atoms with Gasteiger partial charge in [-0.15, -0.1) is 0 Å². The molecule has 0 aromatic heterocycles. The van der Waals surface area contributed by atoms with E-state index in [9.17, 15) is 14.4 Å². The number of rotatable bonds is 4. The van der Waals surface area contributed by atoms with E-state index in [2.05, 4.69) is 31.9 Å². The van der Waals surface area contributed by atoms with E-state index in [-0.39, 0.29) is 12.8 Å². The van der Waals surface area contributed by atoms with Gasteiger partial charge in [0.15, 0.2) is 5.78 Å². The van der Waals surface area contributed by atoms with Gasteiger partial charge < -0.3 is 18.9 Å². The third-order valence-electron chi connectivity index (χ3n) is 4.39. The number of ketones is 1. The first-order chi connectivity index (χ1) is 12.3. The molecule has 2 rings (SSSR count). The van der Waals surface area contributed by atoms with E-state index in [0.29, 0.717) is 31.6 Å². The fourth-order valence-electron chi connectivity index (χ4n) is 3.13. The molecule has 1 aliphatic carbocycles. The summed E-state index contributed by atoms with van der Waals surface area (Å²) < 4.78 is 21.7. The number of esters is 2. The lowest BCUT2D eigenvalue weighted by molar-refractivity contribution is -0.155. The molecule has 0 saturated carbocycles. The fraction of sp³-hybridized carbons (Fsp3) is 0.471. The van der Waals surface area contributed by atoms with Crippen LogP contribution in [0.1, 0.15) is 11.1 Å². The number of ether oxygens (including phenoxy) is 4. The largest absolute Gasteiger partial charge is 0.495 e. The SMILES string of the molecule is COC(=O)C1Cc2c(c(OC)c(Br)c(Br)c2OC)CC(C(=O)OC)C1=O. The lowest BCUT2D eigenvalue weighted by Gasteiger charge is -2.20. The van der Waals surface area contributed by atoms with E-state index in [0.717, 1.165) is 0 Å². The third-order valence-corrected chi connectivity index (χ3v) is 6.43. The summed E-state index contributed by atoms with van der Waals surface area (Å²) in [5.74, 6) is -3.33. The first-order valence-electron chi connectivity index (χ1n) is 7.62. The van der Waals surface area contributed by atoms with Crippen molar-refractivity contribution >= 4 is 49.6 Å². The summed E-state index contributed by atoms with van der Waals surface area (Å²) in [6.45, 7) is 0. The normalized spacial score (nSPS) is 19.2. The van der Waals surface area contributed by atoms with Crippen LogP contribution >= 0.6 is 31.9 Å². The molecule has 2 atom stereocenters. The molecule has 0 radical (unpaired) electrons. The van der Waals surface area contributed by atoms with Crippen LogP contribution in [0.3, 0.4) is 0 Å². The molecule has 0 heterocycles. The van der Waals surface area contributed by atoms with Crippen LogP contribution in [0.5, 0.6) is 11.5 Å². The topological polar surface area (TPSA) is 88.1 Å². The Labute approximate surface area is 167 Å². The Kier molecular flexibility index (Phi) is 6.68. The van der Waals surface area contributed by atoms with E-state index in [4.69, 9.17) is 18.9 Å². The number of carbonyl (C=O) groups excluding carboxylic acids is 3. The molecule has 26 heavy (non-hydrogen) atoms. The summed E-state index contributed by atoms with van der Waals surface area (Å²) in [5.41, 5.74) is 1.21. The van der Waals surface area contributed by atoms with E-state index in [1.165, 1.54) is 28.4 Å². The van der Waals surface area contributed by atoms with E-state index >= 15 is 0 Å². The van der Waals surface area contributed by atoms with Crippen molar-refractivity contribution in [2.75, 3.05) is 28.4 Å². The molecule has 9 heteroatoms. The van der Waals surface area contributed by atoms with E-state index in [1.807, 2.05) is 0 Å². The molecular formula is C17H18Br2O7. The summed E-state index contributed by atoms with van der Waals surface area (Å²) in [7, 11) is 5.36. The Morgan fingerprint density at radius 2 is 1.15 bits per heavy atom. The average molecular weight is 494 g/mol. The highest BCUT2D eigenvalue weighted by Crippen LogP contribution is 2.48. The van der Waals surface area contributed by atoms with Crippen LogP contribution in [0, 0.1) is 11.8 Å². The molecular weight excluding hydrogens is 476 g/mol. The second-order valence-corrected chi connectivity index (χ2v) is 7.20. The third kappa shape index (κ3) is 3.46. The minimum atomic E-state index is -1.14. The van der Waals surface area contributed by atoms with Crippen molar-refractivity contribution in [1.82, 2.24) is 0 Å². The molecule has 1 aromatic carbocycles. The van der Waals surface area contributed by atoms with Gasteiger partial charge in [-0.2, -0.15) is 0 Å². The highest BCUT2D eigenvalue weighted by atomic mass is 79.9. The lowest BCUT2D eigenvalue weighted by Crippen LogP contribution is -2.35. The van der Waals surface area contributed by atoms with Gasteiger partial charge >= 0.3 is 11.9 Å². The predicted octanol–water partition coefficient (Wildman–Crippen LogP) is 2.47. The van der Waals surface area contributed by atoms with E-state index in [1.54, 1.807) is 0 Å². The van der Waals surface area contributed by atoms with Crippen LogP contribution in [0.4, 0.5) is 0 Å². The molecule has 1 aliphatic rings. The Balaban J connectivity index is 2.78. The Morgan fingerprint density at radius 1 is 0.808 bits per heavy atom. The number of benzene rings is 1. The molecule has 0 amide bonds. The van der Waals surface area contributed by atoms with Crippen molar-refractivity contribution in [2.24, 2.45) is 11.8 Å². The highest BCUT2D eigenvalue weighted by molar-refractivity contribution is 9.13. The van der Waals surface area contributed by atoms with Gasteiger partial charge in [0.2, 0.25) is 0 Å². The van der Waals surface area contributed by atoms with Crippen LogP contribution in [0.2, 0.25) is 0 Å². The summed E-state index contributed by atoms with van der Waals surface area (Å²) >= 11 is 6.88. The molecule has 0 bridgehead atoms. The molecule has 0 spiro atoms. The van der Waals surface area contributed by atoms with Crippen molar-refractivity contribution < 1.29 is 33.3 Å². The van der Waals surface area contributed by atoms with Gasteiger partial charge in [0.1, 0.15) is 23.3 Å². The monoisotopic (exact) mass is 492 g/mol. The molecule has 7 nitrogen and oxygen atoms in total. The number of Topliss-reactive ketones (excluding diaryl/α,β-unsaturated/α-hetero) is 1. The van der Waals surface area contributed by atoms with E-state index < -0.39 is 29.6 Å². The standard InChI is InChI=1S/C17H18Br2O7/c1-23-14-7-5-9(16(21)25-3)13(20)10(17(22)26-4)6-8(7)15(24-2)12(19)11(14)18/h9-10H,5-6H2,1-4H3. The van der Waals surface area contributed by atoms with Crippen LogP contribution in [-0.4, -0.2) is 46.2 Å². The zero-order chi connectivity index (χ0) is 19.6. The van der Waals surface area contributed by atoms with Gasteiger partial charge in [0.25, 0.3) is 0 Å². The number of fused-ring (bicyclic) bond motifs is 1. The van der Waals surface area contributed by atoms with Crippen molar-refractivity contribution in [2.45, 2.75) is 12.8 Å². The molecule has 1 aromatic rings. The Hall–Kier alpha value is -1.61. The fourth-order valence-corrected chi connectivity index (χ4v) is 4.29.